The number of carbonyl (C=O) groups is 4. The molecule has 1 aromatic rings. The molecule has 2 N–H and O–H groups in total. The van der Waals surface area contributed by atoms with Crippen molar-refractivity contribution in [1.82, 2.24) is 5.32 Å². The normalized spacial score (nSPS) is 18.3. The molecule has 0 fully saturated rings. The maximum absolute atomic E-state index is 13.1. The van der Waals surface area contributed by atoms with Gasteiger partial charge in [-0.1, -0.05) is 32.3 Å². The standard InChI is InChI=1S/C26H35FN2O7/c1-4-5-6-7-11-19-18(10-9-14-27)15-35-26(33)22(17(2)36-25(19)32)29-24(31)20-12-8-13-21(28-16-30)23(20)34-3/h8,12-13,16-17,22H,4-7,9-11,14-15H2,1-3H3,(H,28,30)(H,29,31). The molecule has 10 heteroatoms. The summed E-state index contributed by atoms with van der Waals surface area (Å²) in [6.07, 6.45) is 4.05. The number of hydrogen-bond acceptors (Lipinski definition) is 7. The highest BCUT2D eigenvalue weighted by atomic mass is 19.1. The summed E-state index contributed by atoms with van der Waals surface area (Å²) in [6, 6.07) is 3.26. The Morgan fingerprint density at radius 2 is 1.97 bits per heavy atom. The Hall–Kier alpha value is -3.43. The molecule has 9 nitrogen and oxygen atoms in total. The van der Waals surface area contributed by atoms with E-state index in [2.05, 4.69) is 17.6 Å². The van der Waals surface area contributed by atoms with Crippen LogP contribution < -0.4 is 15.4 Å². The Morgan fingerprint density at radius 1 is 1.19 bits per heavy atom. The van der Waals surface area contributed by atoms with E-state index in [0.717, 1.165) is 25.7 Å². The maximum atomic E-state index is 13.1. The Kier molecular flexibility index (Phi) is 11.9. The SMILES string of the molecule is CCCCCCC1=C(CCCF)COC(=O)C(NC(=O)c2cccc(NC=O)c2OC)C(C)OC1=O. The van der Waals surface area contributed by atoms with Gasteiger partial charge in [-0.15, -0.1) is 0 Å². The molecular weight excluding hydrogens is 471 g/mol. The molecule has 0 spiro atoms. The van der Waals surface area contributed by atoms with Crippen LogP contribution in [0.15, 0.2) is 29.3 Å². The zero-order chi connectivity index (χ0) is 26.5. The number of methoxy groups -OCH3 is 1. The van der Waals surface area contributed by atoms with Crippen molar-refractivity contribution < 1.29 is 37.8 Å². The Labute approximate surface area is 210 Å². The van der Waals surface area contributed by atoms with Gasteiger partial charge in [0, 0.05) is 5.57 Å². The van der Waals surface area contributed by atoms with Crippen molar-refractivity contribution in [2.75, 3.05) is 25.7 Å². The van der Waals surface area contributed by atoms with Crippen molar-refractivity contribution in [3.63, 3.8) is 0 Å². The molecule has 0 aromatic heterocycles. The van der Waals surface area contributed by atoms with Crippen molar-refractivity contribution >= 4 is 29.9 Å². The van der Waals surface area contributed by atoms with Crippen LogP contribution in [-0.2, 0) is 23.9 Å². The first-order valence-electron chi connectivity index (χ1n) is 12.2. The highest BCUT2D eigenvalue weighted by Gasteiger charge is 2.35. The Morgan fingerprint density at radius 3 is 2.64 bits per heavy atom. The molecule has 1 aliphatic heterocycles. The molecular formula is C26H35FN2O7. The molecule has 1 aliphatic rings. The lowest BCUT2D eigenvalue weighted by molar-refractivity contribution is -0.153. The maximum Gasteiger partial charge on any atom is 0.334 e. The van der Waals surface area contributed by atoms with E-state index in [1.54, 1.807) is 12.1 Å². The lowest BCUT2D eigenvalue weighted by Gasteiger charge is -2.23. The number of alkyl halides is 1. The first-order chi connectivity index (χ1) is 17.4. The first kappa shape index (κ1) is 28.8. The van der Waals surface area contributed by atoms with Gasteiger partial charge in [0.05, 0.1) is 25.0 Å². The van der Waals surface area contributed by atoms with Crippen LogP contribution in [0.2, 0.25) is 0 Å². The molecule has 198 valence electrons. The van der Waals surface area contributed by atoms with Gasteiger partial charge in [-0.25, -0.2) is 9.59 Å². The van der Waals surface area contributed by atoms with Gasteiger partial charge in [0.2, 0.25) is 6.41 Å². The fourth-order valence-corrected chi connectivity index (χ4v) is 4.00. The summed E-state index contributed by atoms with van der Waals surface area (Å²) in [6.45, 7) is 2.83. The van der Waals surface area contributed by atoms with Gasteiger partial charge < -0.3 is 24.8 Å². The smallest absolute Gasteiger partial charge is 0.334 e. The van der Waals surface area contributed by atoms with Crippen molar-refractivity contribution in [3.05, 3.63) is 34.9 Å². The summed E-state index contributed by atoms with van der Waals surface area (Å²) in [7, 11) is 1.34. The summed E-state index contributed by atoms with van der Waals surface area (Å²) in [5, 5.41) is 5.01. The molecule has 1 aromatic carbocycles. The molecule has 0 bridgehead atoms. The number of benzene rings is 1. The minimum Gasteiger partial charge on any atom is -0.494 e. The molecule has 0 aliphatic carbocycles. The van der Waals surface area contributed by atoms with Crippen molar-refractivity contribution in [3.8, 4) is 5.75 Å². The summed E-state index contributed by atoms with van der Waals surface area (Å²) in [5.74, 6) is -1.96. The van der Waals surface area contributed by atoms with E-state index in [1.165, 1.54) is 20.1 Å². The fraction of sp³-hybridized carbons (Fsp3) is 0.538. The van der Waals surface area contributed by atoms with Crippen LogP contribution in [0, 0.1) is 0 Å². The minimum atomic E-state index is -1.30. The lowest BCUT2D eigenvalue weighted by Crippen LogP contribution is -2.49. The van der Waals surface area contributed by atoms with Crippen molar-refractivity contribution in [1.29, 1.82) is 0 Å². The van der Waals surface area contributed by atoms with E-state index in [-0.39, 0.29) is 36.4 Å². The lowest BCUT2D eigenvalue weighted by atomic mass is 9.98. The molecule has 0 saturated carbocycles. The van der Waals surface area contributed by atoms with Crippen LogP contribution >= 0.6 is 0 Å². The predicted octanol–water partition coefficient (Wildman–Crippen LogP) is 3.87. The summed E-state index contributed by atoms with van der Waals surface area (Å²) < 4.78 is 29.2. The average Bonchev–Trinajstić information content (AvgIpc) is 2.90. The Bertz CT molecular complexity index is 964. The van der Waals surface area contributed by atoms with Gasteiger partial charge in [0.1, 0.15) is 12.7 Å². The minimum absolute atomic E-state index is 0.0638. The molecule has 0 saturated heterocycles. The van der Waals surface area contributed by atoms with Crippen LogP contribution in [0.3, 0.4) is 0 Å². The van der Waals surface area contributed by atoms with Crippen LogP contribution in [0.4, 0.5) is 10.1 Å². The zero-order valence-corrected chi connectivity index (χ0v) is 21.1. The number of halogens is 1. The summed E-state index contributed by atoms with van der Waals surface area (Å²) in [4.78, 5) is 50.0. The second kappa shape index (κ2) is 14.9. The third kappa shape index (κ3) is 7.79. The number of amides is 2. The Balaban J connectivity index is 2.27. The summed E-state index contributed by atoms with van der Waals surface area (Å²) >= 11 is 0. The second-order valence-electron chi connectivity index (χ2n) is 8.50. The van der Waals surface area contributed by atoms with Crippen LogP contribution in [0.5, 0.6) is 5.75 Å². The zero-order valence-electron chi connectivity index (χ0n) is 21.1. The quantitative estimate of drug-likeness (QED) is 0.237. The van der Waals surface area contributed by atoms with Gasteiger partial charge in [-0.05, 0) is 50.3 Å². The third-order valence-electron chi connectivity index (χ3n) is 5.94. The molecule has 1 heterocycles. The molecule has 2 amide bonds. The monoisotopic (exact) mass is 506 g/mol. The molecule has 2 atom stereocenters. The van der Waals surface area contributed by atoms with Gasteiger partial charge in [0.25, 0.3) is 5.91 Å². The third-order valence-corrected chi connectivity index (χ3v) is 5.94. The average molecular weight is 507 g/mol. The highest BCUT2D eigenvalue weighted by molar-refractivity contribution is 6.01. The first-order valence-corrected chi connectivity index (χ1v) is 12.2. The highest BCUT2D eigenvalue weighted by Crippen LogP contribution is 2.29. The number of cyclic esters (lactones) is 2. The molecule has 2 rings (SSSR count). The van der Waals surface area contributed by atoms with Gasteiger partial charge in [0.15, 0.2) is 11.8 Å². The second-order valence-corrected chi connectivity index (χ2v) is 8.50. The molecule has 2 unspecified atom stereocenters. The largest absolute Gasteiger partial charge is 0.494 e. The van der Waals surface area contributed by atoms with Crippen molar-refractivity contribution in [2.24, 2.45) is 0 Å². The van der Waals surface area contributed by atoms with E-state index in [9.17, 15) is 23.6 Å². The van der Waals surface area contributed by atoms with Crippen LogP contribution in [-0.4, -0.2) is 56.8 Å². The number of nitrogens with one attached hydrogen (secondary N) is 2. The molecule has 0 radical (unpaired) electrons. The number of anilines is 1. The van der Waals surface area contributed by atoms with Gasteiger partial charge in [-0.3, -0.25) is 14.0 Å². The van der Waals surface area contributed by atoms with E-state index >= 15 is 0 Å². The number of esters is 2. The summed E-state index contributed by atoms with van der Waals surface area (Å²) in [5.41, 5.74) is 1.27. The fourth-order valence-electron chi connectivity index (χ4n) is 4.00. The van der Waals surface area contributed by atoms with E-state index in [1.807, 2.05) is 0 Å². The van der Waals surface area contributed by atoms with Gasteiger partial charge in [-0.2, -0.15) is 0 Å². The molecule has 36 heavy (non-hydrogen) atoms. The van der Waals surface area contributed by atoms with Crippen molar-refractivity contribution in [2.45, 2.75) is 70.9 Å². The van der Waals surface area contributed by atoms with Gasteiger partial charge >= 0.3 is 11.9 Å². The number of carbonyl (C=O) groups excluding carboxylic acids is 4. The van der Waals surface area contributed by atoms with E-state index in [4.69, 9.17) is 14.2 Å². The number of ether oxygens (including phenoxy) is 3. The number of para-hydroxylation sites is 1. The predicted molar refractivity (Wildman–Crippen MR) is 131 cm³/mol. The topological polar surface area (TPSA) is 120 Å². The number of unbranched alkanes of at least 4 members (excludes halogenated alkanes) is 3. The van der Waals surface area contributed by atoms with E-state index < -0.39 is 36.7 Å². The number of rotatable bonds is 13. The van der Waals surface area contributed by atoms with E-state index in [0.29, 0.717) is 24.0 Å². The van der Waals surface area contributed by atoms with Crippen LogP contribution in [0.1, 0.15) is 69.2 Å². The number of hydrogen-bond donors (Lipinski definition) is 2. The van der Waals surface area contributed by atoms with Crippen LogP contribution in [0.25, 0.3) is 0 Å².